The summed E-state index contributed by atoms with van der Waals surface area (Å²) in [5, 5.41) is 13.4. The van der Waals surface area contributed by atoms with Crippen molar-refractivity contribution in [1.29, 1.82) is 0 Å². The molecule has 1 aromatic rings. The highest BCUT2D eigenvalue weighted by atomic mass is 19.4. The van der Waals surface area contributed by atoms with E-state index in [1.807, 2.05) is 5.43 Å². The predicted octanol–water partition coefficient (Wildman–Crippen LogP) is 1.12. The molecule has 0 atom stereocenters. The molecule has 0 aromatic carbocycles. The second kappa shape index (κ2) is 5.08. The molecule has 0 radical (unpaired) electrons. The van der Waals surface area contributed by atoms with Crippen LogP contribution >= 0.6 is 0 Å². The highest BCUT2D eigenvalue weighted by Crippen LogP contribution is 2.38. The third-order valence-electron chi connectivity index (χ3n) is 3.49. The van der Waals surface area contributed by atoms with Gasteiger partial charge in [0, 0.05) is 24.8 Å². The minimum absolute atomic E-state index is 0.0720. The maximum absolute atomic E-state index is 13.3. The van der Waals surface area contributed by atoms with E-state index in [9.17, 15) is 23.1 Å². The molecule has 124 valence electrons. The minimum atomic E-state index is -4.61. The molecule has 7 nitrogen and oxygen atoms in total. The van der Waals surface area contributed by atoms with Crippen LogP contribution in [0.25, 0.3) is 0 Å². The normalized spacial score (nSPS) is 20.3. The number of nitrogens with zero attached hydrogens (tertiary/aromatic N) is 3. The highest BCUT2D eigenvalue weighted by molar-refractivity contribution is 6.03. The molecule has 2 aliphatic heterocycles. The van der Waals surface area contributed by atoms with Gasteiger partial charge in [-0.2, -0.15) is 18.3 Å². The number of hydrogen-bond acceptors (Lipinski definition) is 6. The Bertz CT molecular complexity index is 680. The number of amides is 1. The van der Waals surface area contributed by atoms with Crippen LogP contribution in [0.15, 0.2) is 17.4 Å². The zero-order valence-electron chi connectivity index (χ0n) is 12.0. The molecule has 0 saturated carbocycles. The first-order valence-electron chi connectivity index (χ1n) is 6.70. The Hall–Kier alpha value is -2.36. The van der Waals surface area contributed by atoms with Gasteiger partial charge >= 0.3 is 12.3 Å². The summed E-state index contributed by atoms with van der Waals surface area (Å²) < 4.78 is 44.6. The van der Waals surface area contributed by atoms with E-state index in [0.29, 0.717) is 0 Å². The molecule has 2 N–H and O–H groups in total. The molecule has 1 fully saturated rings. The molecule has 3 rings (SSSR count). The third kappa shape index (κ3) is 3.07. The maximum atomic E-state index is 13.3. The van der Waals surface area contributed by atoms with Crippen LogP contribution < -0.4 is 10.3 Å². The lowest BCUT2D eigenvalue weighted by atomic mass is 9.96. The third-order valence-corrected chi connectivity index (χ3v) is 3.49. The molecule has 2 aliphatic rings. The molecule has 23 heavy (non-hydrogen) atoms. The van der Waals surface area contributed by atoms with Gasteiger partial charge in [-0.1, -0.05) is 0 Å². The monoisotopic (exact) mass is 330 g/mol. The van der Waals surface area contributed by atoms with Crippen LogP contribution in [-0.4, -0.2) is 47.2 Å². The van der Waals surface area contributed by atoms with E-state index in [1.54, 1.807) is 6.92 Å². The van der Waals surface area contributed by atoms with Gasteiger partial charge in [-0.05, 0) is 13.0 Å². The molecule has 1 aromatic heterocycles. The molecule has 0 aliphatic carbocycles. The number of ether oxygens (including phenoxy) is 1. The summed E-state index contributed by atoms with van der Waals surface area (Å²) in [6.45, 7) is 1.45. The Kier molecular flexibility index (Phi) is 3.43. The van der Waals surface area contributed by atoms with Gasteiger partial charge in [0.05, 0.1) is 11.2 Å². The van der Waals surface area contributed by atoms with E-state index in [-0.39, 0.29) is 36.8 Å². The molecule has 3 heterocycles. The second-order valence-corrected chi connectivity index (χ2v) is 5.69. The number of rotatable bonds is 2. The van der Waals surface area contributed by atoms with Gasteiger partial charge in [-0.15, -0.1) is 0 Å². The second-order valence-electron chi connectivity index (χ2n) is 5.69. The Morgan fingerprint density at radius 3 is 2.65 bits per heavy atom. The fourth-order valence-corrected chi connectivity index (χ4v) is 2.46. The van der Waals surface area contributed by atoms with Crippen molar-refractivity contribution in [2.24, 2.45) is 5.10 Å². The first kappa shape index (κ1) is 15.5. The number of cyclic esters (lactones) is 1. The molecule has 10 heteroatoms. The lowest BCUT2D eigenvalue weighted by Gasteiger charge is -2.45. The zero-order valence-corrected chi connectivity index (χ0v) is 12.0. The Labute approximate surface area is 128 Å². The van der Waals surface area contributed by atoms with Gasteiger partial charge in [0.2, 0.25) is 0 Å². The average Bonchev–Trinajstić information content (AvgIpc) is 2.44. The van der Waals surface area contributed by atoms with Crippen LogP contribution in [0.1, 0.15) is 18.1 Å². The number of anilines is 1. The zero-order chi connectivity index (χ0) is 16.8. The summed E-state index contributed by atoms with van der Waals surface area (Å²) in [6.07, 6.45) is -4.15. The van der Waals surface area contributed by atoms with Crippen LogP contribution in [0.2, 0.25) is 0 Å². The number of pyridine rings is 1. The van der Waals surface area contributed by atoms with Crippen molar-refractivity contribution < 1.29 is 27.8 Å². The maximum Gasteiger partial charge on any atom is 0.428 e. The van der Waals surface area contributed by atoms with Crippen molar-refractivity contribution in [3.63, 3.8) is 0 Å². The summed E-state index contributed by atoms with van der Waals surface area (Å²) >= 11 is 0. The Balaban J connectivity index is 1.95. The van der Waals surface area contributed by atoms with E-state index in [2.05, 4.69) is 14.8 Å². The lowest BCUT2D eigenvalue weighted by Crippen LogP contribution is -2.60. The van der Waals surface area contributed by atoms with Crippen LogP contribution in [0, 0.1) is 0 Å². The molecule has 0 bridgehead atoms. The SMILES string of the molecule is CC1(O)CN(c2ncc(C3=NNC(=O)OC3)cc2C(F)(F)F)C1. The number of hydrazone groups is 1. The topological polar surface area (TPSA) is 87.0 Å². The summed E-state index contributed by atoms with van der Waals surface area (Å²) in [5.41, 5.74) is 0.337. The first-order chi connectivity index (χ1) is 10.7. The Morgan fingerprint density at radius 1 is 1.43 bits per heavy atom. The molecule has 0 spiro atoms. The summed E-state index contributed by atoms with van der Waals surface area (Å²) in [7, 11) is 0. The summed E-state index contributed by atoms with van der Waals surface area (Å²) in [6, 6.07) is 0.912. The van der Waals surface area contributed by atoms with Crippen LogP contribution in [0.5, 0.6) is 0 Å². The van der Waals surface area contributed by atoms with E-state index < -0.39 is 23.4 Å². The van der Waals surface area contributed by atoms with Crippen LogP contribution in [-0.2, 0) is 10.9 Å². The van der Waals surface area contributed by atoms with Crippen molar-refractivity contribution in [2.75, 3.05) is 24.6 Å². The number of aliphatic hydroxyl groups is 1. The number of carbonyl (C=O) groups excluding carboxylic acids is 1. The molecule has 1 saturated heterocycles. The highest BCUT2D eigenvalue weighted by Gasteiger charge is 2.43. The first-order valence-corrected chi connectivity index (χ1v) is 6.70. The van der Waals surface area contributed by atoms with Crippen molar-refractivity contribution in [2.45, 2.75) is 18.7 Å². The molecule has 0 unspecified atom stereocenters. The van der Waals surface area contributed by atoms with Crippen molar-refractivity contribution in [3.05, 3.63) is 23.4 Å². The van der Waals surface area contributed by atoms with Gasteiger partial charge in [-0.25, -0.2) is 15.2 Å². The van der Waals surface area contributed by atoms with Gasteiger partial charge in [0.25, 0.3) is 0 Å². The van der Waals surface area contributed by atoms with Gasteiger partial charge < -0.3 is 14.7 Å². The number of aromatic nitrogens is 1. The van der Waals surface area contributed by atoms with Crippen molar-refractivity contribution in [3.8, 4) is 0 Å². The van der Waals surface area contributed by atoms with Gasteiger partial charge in [-0.3, -0.25) is 0 Å². The Morgan fingerprint density at radius 2 is 2.13 bits per heavy atom. The van der Waals surface area contributed by atoms with Crippen molar-refractivity contribution in [1.82, 2.24) is 10.4 Å². The fourth-order valence-electron chi connectivity index (χ4n) is 2.46. The number of β-amino-alcohol motifs (C(OH)–C–C–N with tert-alkyl or cyclic N) is 1. The molecule has 1 amide bonds. The number of carbonyl (C=O) groups is 1. The average molecular weight is 330 g/mol. The van der Waals surface area contributed by atoms with Crippen LogP contribution in [0.4, 0.5) is 23.8 Å². The van der Waals surface area contributed by atoms with E-state index in [4.69, 9.17) is 0 Å². The standard InChI is InChI=1S/C13H13F3N4O3/c1-12(22)5-20(6-12)10-8(13(14,15)16)2-7(3-17-10)9-4-23-11(21)19-18-9/h2-3,22H,4-6H2,1H3,(H,19,21). The number of halogens is 3. The van der Waals surface area contributed by atoms with E-state index in [0.717, 1.165) is 6.07 Å². The smallest absolute Gasteiger partial charge is 0.428 e. The minimum Gasteiger partial charge on any atom is -0.442 e. The number of hydrogen-bond donors (Lipinski definition) is 2. The number of nitrogens with one attached hydrogen (secondary N) is 1. The molecular formula is C13H13F3N4O3. The molecular weight excluding hydrogens is 317 g/mol. The number of alkyl halides is 3. The van der Waals surface area contributed by atoms with Gasteiger partial charge in [0.15, 0.2) is 0 Å². The van der Waals surface area contributed by atoms with Gasteiger partial charge in [0.1, 0.15) is 18.1 Å². The summed E-state index contributed by atoms with van der Waals surface area (Å²) in [5.74, 6) is -0.242. The predicted molar refractivity (Wildman–Crippen MR) is 73.1 cm³/mol. The van der Waals surface area contributed by atoms with Crippen LogP contribution in [0.3, 0.4) is 0 Å². The van der Waals surface area contributed by atoms with E-state index >= 15 is 0 Å². The largest absolute Gasteiger partial charge is 0.442 e. The quantitative estimate of drug-likeness (QED) is 0.848. The summed E-state index contributed by atoms with van der Waals surface area (Å²) in [4.78, 5) is 16.1. The fraction of sp³-hybridized carbons (Fsp3) is 0.462. The lowest BCUT2D eigenvalue weighted by molar-refractivity contribution is -0.137. The van der Waals surface area contributed by atoms with Crippen molar-refractivity contribution >= 4 is 17.6 Å². The van der Waals surface area contributed by atoms with E-state index in [1.165, 1.54) is 11.1 Å².